The summed E-state index contributed by atoms with van der Waals surface area (Å²) < 4.78 is 1.70. The fourth-order valence-electron chi connectivity index (χ4n) is 3.63. The maximum absolute atomic E-state index is 12.8. The molecule has 0 spiro atoms. The Morgan fingerprint density at radius 2 is 2.00 bits per heavy atom. The van der Waals surface area contributed by atoms with Crippen LogP contribution < -0.4 is 5.32 Å². The van der Waals surface area contributed by atoms with Gasteiger partial charge in [0.05, 0.1) is 29.2 Å². The van der Waals surface area contributed by atoms with Crippen molar-refractivity contribution >= 4 is 28.5 Å². The van der Waals surface area contributed by atoms with Crippen LogP contribution in [-0.4, -0.2) is 47.2 Å². The van der Waals surface area contributed by atoms with E-state index in [0.717, 1.165) is 22.2 Å². The predicted molar refractivity (Wildman–Crippen MR) is 121 cm³/mol. The van der Waals surface area contributed by atoms with Crippen molar-refractivity contribution in [2.75, 3.05) is 5.32 Å². The number of H-pyrrole nitrogens is 2. The minimum atomic E-state index is -0.954. The molecule has 3 aromatic heterocycles. The van der Waals surface area contributed by atoms with Gasteiger partial charge in [-0.25, -0.2) is 4.79 Å². The van der Waals surface area contributed by atoms with E-state index in [2.05, 4.69) is 30.8 Å². The summed E-state index contributed by atoms with van der Waals surface area (Å²) in [7, 11) is 0. The molecule has 0 aliphatic rings. The fourth-order valence-corrected chi connectivity index (χ4v) is 3.63. The van der Waals surface area contributed by atoms with Crippen LogP contribution in [0.15, 0.2) is 67.3 Å². The van der Waals surface area contributed by atoms with E-state index < -0.39 is 5.97 Å². The maximum atomic E-state index is 12.8. The molecule has 5 rings (SSSR count). The average molecular weight is 441 g/mol. The van der Waals surface area contributed by atoms with Crippen molar-refractivity contribution in [3.05, 3.63) is 84.1 Å². The van der Waals surface area contributed by atoms with Gasteiger partial charge in [0.2, 0.25) is 0 Å². The van der Waals surface area contributed by atoms with Crippen LogP contribution in [0.25, 0.3) is 22.0 Å². The number of nitrogens with zero attached hydrogens (tertiary/aromatic N) is 4. The number of aromatic nitrogens is 6. The minimum absolute atomic E-state index is 0.254. The highest BCUT2D eigenvalue weighted by Crippen LogP contribution is 2.24. The highest BCUT2D eigenvalue weighted by atomic mass is 16.4. The summed E-state index contributed by atoms with van der Waals surface area (Å²) in [4.78, 5) is 23.9. The van der Waals surface area contributed by atoms with Crippen molar-refractivity contribution in [2.45, 2.75) is 13.0 Å². The zero-order valence-corrected chi connectivity index (χ0v) is 17.3. The van der Waals surface area contributed by atoms with Crippen molar-refractivity contribution in [1.29, 1.82) is 0 Å². The van der Waals surface area contributed by atoms with Crippen molar-refractivity contribution in [2.24, 2.45) is 0 Å². The van der Waals surface area contributed by atoms with E-state index in [4.69, 9.17) is 5.11 Å². The SMILES string of the molecule is O=C(O)c1cccc(CCn2cc(NC(=O)c3n[nH]c4cc(-c5cn[nH]c5)ccc34)cn2)c1. The van der Waals surface area contributed by atoms with Crippen molar-refractivity contribution in [3.8, 4) is 11.1 Å². The number of aromatic amines is 2. The van der Waals surface area contributed by atoms with Crippen molar-refractivity contribution < 1.29 is 14.7 Å². The first-order valence-electron chi connectivity index (χ1n) is 10.2. The van der Waals surface area contributed by atoms with Crippen molar-refractivity contribution in [3.63, 3.8) is 0 Å². The van der Waals surface area contributed by atoms with Gasteiger partial charge >= 0.3 is 5.97 Å². The standard InChI is InChI=1S/C23H19N7O3/c31-22(21-19-5-4-15(9-20(19)28-29-21)17-10-24-25-11-17)27-18-12-26-30(13-18)7-6-14-2-1-3-16(8-14)23(32)33/h1-5,8-13H,6-7H2,(H,24,25)(H,27,31)(H,28,29)(H,32,33). The van der Waals surface area contributed by atoms with Gasteiger partial charge in [-0.1, -0.05) is 18.2 Å². The smallest absolute Gasteiger partial charge is 0.335 e. The Morgan fingerprint density at radius 3 is 2.82 bits per heavy atom. The number of anilines is 1. The molecule has 2 aromatic carbocycles. The number of fused-ring (bicyclic) bond motifs is 1. The first-order chi connectivity index (χ1) is 16.1. The molecule has 33 heavy (non-hydrogen) atoms. The Bertz CT molecular complexity index is 1450. The van der Waals surface area contributed by atoms with Gasteiger partial charge in [-0.05, 0) is 41.8 Å². The summed E-state index contributed by atoms with van der Waals surface area (Å²) in [5, 5.41) is 30.8. The predicted octanol–water partition coefficient (Wildman–Crippen LogP) is 3.34. The van der Waals surface area contributed by atoms with Crippen LogP contribution in [0.3, 0.4) is 0 Å². The molecule has 4 N–H and O–H groups in total. The third-order valence-corrected chi connectivity index (χ3v) is 5.30. The van der Waals surface area contributed by atoms with E-state index in [0.29, 0.717) is 29.7 Å². The molecule has 0 atom stereocenters. The van der Waals surface area contributed by atoms with Crippen LogP contribution in [0.4, 0.5) is 5.69 Å². The molecule has 0 aliphatic heterocycles. The van der Waals surface area contributed by atoms with Gasteiger partial charge in [-0.15, -0.1) is 0 Å². The number of carbonyl (C=O) groups excluding carboxylic acids is 1. The number of nitrogens with one attached hydrogen (secondary N) is 3. The van der Waals surface area contributed by atoms with E-state index in [9.17, 15) is 9.59 Å². The normalized spacial score (nSPS) is 11.0. The van der Waals surface area contributed by atoms with E-state index in [-0.39, 0.29) is 11.5 Å². The number of carboxylic acid groups (broad SMARTS) is 1. The van der Waals surface area contributed by atoms with Crippen LogP contribution in [-0.2, 0) is 13.0 Å². The summed E-state index contributed by atoms with van der Waals surface area (Å²) in [6, 6.07) is 12.5. The Kier molecular flexibility index (Phi) is 5.15. The number of hydrogen-bond acceptors (Lipinski definition) is 5. The second-order valence-electron chi connectivity index (χ2n) is 7.52. The molecule has 0 radical (unpaired) electrons. The number of benzene rings is 2. The van der Waals surface area contributed by atoms with E-state index in [1.54, 1.807) is 47.7 Å². The lowest BCUT2D eigenvalue weighted by molar-refractivity contribution is 0.0696. The molecule has 10 nitrogen and oxygen atoms in total. The van der Waals surface area contributed by atoms with Gasteiger partial charge in [-0.3, -0.25) is 19.7 Å². The quantitative estimate of drug-likeness (QED) is 0.305. The highest BCUT2D eigenvalue weighted by molar-refractivity contribution is 6.11. The number of aromatic carboxylic acids is 1. The van der Waals surface area contributed by atoms with Crippen LogP contribution >= 0.6 is 0 Å². The number of rotatable bonds is 7. The molecule has 0 aliphatic carbocycles. The molecule has 0 unspecified atom stereocenters. The molecule has 10 heteroatoms. The minimum Gasteiger partial charge on any atom is -0.478 e. The van der Waals surface area contributed by atoms with E-state index in [1.165, 1.54) is 0 Å². The maximum Gasteiger partial charge on any atom is 0.335 e. The second-order valence-corrected chi connectivity index (χ2v) is 7.52. The summed E-state index contributed by atoms with van der Waals surface area (Å²) in [5.41, 5.74) is 4.64. The molecule has 1 amide bonds. The Morgan fingerprint density at radius 1 is 1.09 bits per heavy atom. The fraction of sp³-hybridized carbons (Fsp3) is 0.0870. The number of amides is 1. The molecule has 0 saturated carbocycles. The Labute approximate surface area is 187 Å². The third kappa shape index (κ3) is 4.22. The molecule has 164 valence electrons. The molecular weight excluding hydrogens is 422 g/mol. The number of aryl methyl sites for hydroxylation is 2. The third-order valence-electron chi connectivity index (χ3n) is 5.30. The molecule has 5 aromatic rings. The second kappa shape index (κ2) is 8.42. The molecule has 3 heterocycles. The summed E-state index contributed by atoms with van der Waals surface area (Å²) in [5.74, 6) is -1.30. The zero-order valence-electron chi connectivity index (χ0n) is 17.3. The van der Waals surface area contributed by atoms with Gasteiger partial charge in [0.15, 0.2) is 5.69 Å². The monoisotopic (exact) mass is 441 g/mol. The summed E-state index contributed by atoms with van der Waals surface area (Å²) in [6.07, 6.45) is 7.43. The highest BCUT2D eigenvalue weighted by Gasteiger charge is 2.16. The van der Waals surface area contributed by atoms with E-state index >= 15 is 0 Å². The van der Waals surface area contributed by atoms with Gasteiger partial charge in [0, 0.05) is 29.9 Å². The number of carbonyl (C=O) groups is 2. The lowest BCUT2D eigenvalue weighted by Crippen LogP contribution is -2.12. The first kappa shape index (κ1) is 20.2. The van der Waals surface area contributed by atoms with Crippen LogP contribution in [0, 0.1) is 0 Å². The van der Waals surface area contributed by atoms with Gasteiger partial charge in [0.25, 0.3) is 5.91 Å². The molecule has 0 fully saturated rings. The first-order valence-corrected chi connectivity index (χ1v) is 10.2. The topological polar surface area (TPSA) is 142 Å². The Hall–Kier alpha value is -4.73. The lowest BCUT2D eigenvalue weighted by Gasteiger charge is -2.04. The van der Waals surface area contributed by atoms with Crippen LogP contribution in [0.2, 0.25) is 0 Å². The number of hydrogen-bond donors (Lipinski definition) is 4. The van der Waals surface area contributed by atoms with Crippen LogP contribution in [0.1, 0.15) is 26.4 Å². The number of carboxylic acids is 1. The largest absolute Gasteiger partial charge is 0.478 e. The summed E-state index contributed by atoms with van der Waals surface area (Å²) in [6.45, 7) is 0.543. The summed E-state index contributed by atoms with van der Waals surface area (Å²) >= 11 is 0. The van der Waals surface area contributed by atoms with Gasteiger partial charge in [0.1, 0.15) is 0 Å². The van der Waals surface area contributed by atoms with E-state index in [1.807, 2.05) is 24.3 Å². The van der Waals surface area contributed by atoms with Crippen LogP contribution in [0.5, 0.6) is 0 Å². The average Bonchev–Trinajstić information content (AvgIpc) is 3.58. The zero-order chi connectivity index (χ0) is 22.8. The molecule has 0 saturated heterocycles. The molecule has 0 bridgehead atoms. The van der Waals surface area contributed by atoms with Gasteiger partial charge in [-0.2, -0.15) is 15.3 Å². The molecular formula is C23H19N7O3. The Balaban J connectivity index is 1.26. The lowest BCUT2D eigenvalue weighted by atomic mass is 10.1. The van der Waals surface area contributed by atoms with Gasteiger partial charge < -0.3 is 10.4 Å². The van der Waals surface area contributed by atoms with Crippen molar-refractivity contribution in [1.82, 2.24) is 30.2 Å².